The molecule has 5 heteroatoms. The molecule has 3 N–H and O–H groups in total. The molecule has 0 saturated carbocycles. The van der Waals surface area contributed by atoms with E-state index in [-0.39, 0.29) is 5.84 Å². The number of nitrogens with two attached hydrogens (primary N) is 1. The van der Waals surface area contributed by atoms with Crippen molar-refractivity contribution in [3.8, 4) is 5.75 Å². The number of amidine groups is 1. The van der Waals surface area contributed by atoms with Crippen molar-refractivity contribution in [1.29, 1.82) is 5.41 Å². The van der Waals surface area contributed by atoms with Crippen LogP contribution in [0.25, 0.3) is 0 Å². The first-order chi connectivity index (χ1) is 9.97. The Morgan fingerprint density at radius 1 is 1.00 bits per heavy atom. The third-order valence-electron chi connectivity index (χ3n) is 3.00. The lowest BCUT2D eigenvalue weighted by molar-refractivity contribution is 0.0735. The number of anilines is 1. The molecule has 0 fully saturated rings. The van der Waals surface area contributed by atoms with Gasteiger partial charge in [0.25, 0.3) is 0 Å². The van der Waals surface area contributed by atoms with E-state index in [0.717, 1.165) is 5.69 Å². The molecule has 5 nitrogen and oxygen atoms in total. The van der Waals surface area contributed by atoms with E-state index in [2.05, 4.69) is 0 Å². The van der Waals surface area contributed by atoms with Crippen molar-refractivity contribution in [2.24, 2.45) is 5.73 Å². The number of esters is 1. The molecular formula is C16H17N3O2. The van der Waals surface area contributed by atoms with Crippen LogP contribution in [0.15, 0.2) is 48.5 Å². The summed E-state index contributed by atoms with van der Waals surface area (Å²) in [4.78, 5) is 14.0. The second-order valence-electron chi connectivity index (χ2n) is 4.77. The molecule has 0 amide bonds. The number of carbonyl (C=O) groups is 1. The Hall–Kier alpha value is -2.82. The molecule has 0 heterocycles. The van der Waals surface area contributed by atoms with Crippen LogP contribution >= 0.6 is 0 Å². The summed E-state index contributed by atoms with van der Waals surface area (Å²) in [5.41, 5.74) is 7.45. The molecule has 0 aliphatic rings. The number of benzene rings is 2. The van der Waals surface area contributed by atoms with Gasteiger partial charge in [-0.2, -0.15) is 0 Å². The molecule has 2 rings (SSSR count). The van der Waals surface area contributed by atoms with Crippen LogP contribution in [0.2, 0.25) is 0 Å². The molecule has 0 spiro atoms. The molecule has 2 aromatic carbocycles. The standard InChI is InChI=1S/C16H17N3O2/c1-19(2)13-7-3-12(4-8-13)16(20)21-14-9-5-11(6-10-14)15(17)18/h3-10H,1-2H3,(H3,17,18). The predicted octanol–water partition coefficient (Wildman–Crippen LogP) is 2.26. The van der Waals surface area contributed by atoms with Gasteiger partial charge in [-0.05, 0) is 48.5 Å². The zero-order valence-electron chi connectivity index (χ0n) is 12.0. The van der Waals surface area contributed by atoms with Crippen molar-refractivity contribution in [2.75, 3.05) is 19.0 Å². The first kappa shape index (κ1) is 14.6. The van der Waals surface area contributed by atoms with Crippen molar-refractivity contribution in [2.45, 2.75) is 0 Å². The Morgan fingerprint density at radius 2 is 1.52 bits per heavy atom. The molecule has 0 aromatic heterocycles. The highest BCUT2D eigenvalue weighted by Gasteiger charge is 2.09. The fourth-order valence-electron chi connectivity index (χ4n) is 1.76. The molecule has 0 aliphatic carbocycles. The minimum absolute atomic E-state index is 0.0212. The van der Waals surface area contributed by atoms with Crippen LogP contribution in [0.4, 0.5) is 5.69 Å². The summed E-state index contributed by atoms with van der Waals surface area (Å²) in [6.45, 7) is 0. The summed E-state index contributed by atoms with van der Waals surface area (Å²) in [6.07, 6.45) is 0. The number of hydrogen-bond acceptors (Lipinski definition) is 4. The lowest BCUT2D eigenvalue weighted by atomic mass is 10.2. The summed E-state index contributed by atoms with van der Waals surface area (Å²) in [5, 5.41) is 7.30. The van der Waals surface area contributed by atoms with E-state index in [9.17, 15) is 4.79 Å². The van der Waals surface area contributed by atoms with Gasteiger partial charge in [-0.15, -0.1) is 0 Å². The topological polar surface area (TPSA) is 79.4 Å². The number of nitrogen functional groups attached to an aromatic ring is 1. The maximum absolute atomic E-state index is 12.0. The molecule has 0 unspecified atom stereocenters. The largest absolute Gasteiger partial charge is 0.423 e. The third-order valence-corrected chi connectivity index (χ3v) is 3.00. The van der Waals surface area contributed by atoms with Crippen molar-refractivity contribution in [1.82, 2.24) is 0 Å². The Morgan fingerprint density at radius 3 is 2.00 bits per heavy atom. The monoisotopic (exact) mass is 283 g/mol. The van der Waals surface area contributed by atoms with Crippen LogP contribution in [0, 0.1) is 5.41 Å². The second kappa shape index (κ2) is 6.09. The lowest BCUT2D eigenvalue weighted by Gasteiger charge is -2.12. The van der Waals surface area contributed by atoms with Gasteiger partial charge in [0.2, 0.25) is 0 Å². The summed E-state index contributed by atoms with van der Waals surface area (Å²) >= 11 is 0. The molecule has 0 saturated heterocycles. The van der Waals surface area contributed by atoms with E-state index in [1.54, 1.807) is 36.4 Å². The van der Waals surface area contributed by atoms with Crippen molar-refractivity contribution >= 4 is 17.5 Å². The van der Waals surface area contributed by atoms with Crippen LogP contribution in [0.5, 0.6) is 5.75 Å². The number of nitrogens with zero attached hydrogens (tertiary/aromatic N) is 1. The highest BCUT2D eigenvalue weighted by atomic mass is 16.5. The van der Waals surface area contributed by atoms with E-state index >= 15 is 0 Å². The highest BCUT2D eigenvalue weighted by Crippen LogP contribution is 2.16. The second-order valence-corrected chi connectivity index (χ2v) is 4.77. The van der Waals surface area contributed by atoms with E-state index in [4.69, 9.17) is 15.9 Å². The Kier molecular flexibility index (Phi) is 4.23. The highest BCUT2D eigenvalue weighted by molar-refractivity contribution is 5.95. The molecule has 0 bridgehead atoms. The summed E-state index contributed by atoms with van der Waals surface area (Å²) in [5.74, 6) is -0.0234. The maximum Gasteiger partial charge on any atom is 0.343 e. The Balaban J connectivity index is 2.08. The lowest BCUT2D eigenvalue weighted by Crippen LogP contribution is -2.12. The zero-order chi connectivity index (χ0) is 15.4. The molecule has 108 valence electrons. The zero-order valence-corrected chi connectivity index (χ0v) is 12.0. The third kappa shape index (κ3) is 3.60. The average molecular weight is 283 g/mol. The Labute approximate surface area is 123 Å². The molecular weight excluding hydrogens is 266 g/mol. The molecule has 2 aromatic rings. The van der Waals surface area contributed by atoms with Gasteiger partial charge in [0.05, 0.1) is 5.56 Å². The maximum atomic E-state index is 12.0. The van der Waals surface area contributed by atoms with Crippen LogP contribution in [0.1, 0.15) is 15.9 Å². The van der Waals surface area contributed by atoms with Gasteiger partial charge in [-0.25, -0.2) is 4.79 Å². The molecule has 0 aliphatic heterocycles. The summed E-state index contributed by atoms with van der Waals surface area (Å²) < 4.78 is 5.27. The van der Waals surface area contributed by atoms with Gasteiger partial charge in [-0.3, -0.25) is 5.41 Å². The first-order valence-electron chi connectivity index (χ1n) is 6.41. The first-order valence-corrected chi connectivity index (χ1v) is 6.41. The fraction of sp³-hybridized carbons (Fsp3) is 0.125. The quantitative estimate of drug-likeness (QED) is 0.390. The Bertz CT molecular complexity index is 646. The van der Waals surface area contributed by atoms with E-state index in [0.29, 0.717) is 16.9 Å². The van der Waals surface area contributed by atoms with Crippen molar-refractivity contribution < 1.29 is 9.53 Å². The predicted molar refractivity (Wildman–Crippen MR) is 83.2 cm³/mol. The molecule has 21 heavy (non-hydrogen) atoms. The van der Waals surface area contributed by atoms with Crippen LogP contribution in [0.3, 0.4) is 0 Å². The van der Waals surface area contributed by atoms with Crippen LogP contribution in [-0.4, -0.2) is 25.9 Å². The van der Waals surface area contributed by atoms with Gasteiger partial charge in [0, 0.05) is 25.3 Å². The summed E-state index contributed by atoms with van der Waals surface area (Å²) in [7, 11) is 3.87. The number of rotatable bonds is 4. The minimum atomic E-state index is -0.420. The number of hydrogen-bond donors (Lipinski definition) is 2. The van der Waals surface area contributed by atoms with E-state index < -0.39 is 5.97 Å². The summed E-state index contributed by atoms with van der Waals surface area (Å²) in [6, 6.07) is 13.7. The van der Waals surface area contributed by atoms with Crippen LogP contribution < -0.4 is 15.4 Å². The normalized spacial score (nSPS) is 10.0. The smallest absolute Gasteiger partial charge is 0.343 e. The van der Waals surface area contributed by atoms with Crippen molar-refractivity contribution in [3.05, 3.63) is 59.7 Å². The number of ether oxygens (including phenoxy) is 1. The molecule has 0 atom stereocenters. The van der Waals surface area contributed by atoms with E-state index in [1.165, 1.54) is 0 Å². The van der Waals surface area contributed by atoms with Gasteiger partial charge in [0.1, 0.15) is 11.6 Å². The average Bonchev–Trinajstić information content (AvgIpc) is 2.47. The van der Waals surface area contributed by atoms with Crippen molar-refractivity contribution in [3.63, 3.8) is 0 Å². The number of carbonyl (C=O) groups excluding carboxylic acids is 1. The SMILES string of the molecule is CN(C)c1ccc(C(=O)Oc2ccc(C(=N)N)cc2)cc1. The molecule has 0 radical (unpaired) electrons. The van der Waals surface area contributed by atoms with Gasteiger partial charge < -0.3 is 15.4 Å². The van der Waals surface area contributed by atoms with E-state index in [1.807, 2.05) is 31.1 Å². The fourth-order valence-corrected chi connectivity index (χ4v) is 1.76. The van der Waals surface area contributed by atoms with Gasteiger partial charge in [-0.1, -0.05) is 0 Å². The van der Waals surface area contributed by atoms with Crippen LogP contribution in [-0.2, 0) is 0 Å². The number of nitrogens with one attached hydrogen (secondary N) is 1. The van der Waals surface area contributed by atoms with Gasteiger partial charge >= 0.3 is 5.97 Å². The minimum Gasteiger partial charge on any atom is -0.423 e. The van der Waals surface area contributed by atoms with Gasteiger partial charge in [0.15, 0.2) is 0 Å².